The first-order valence-corrected chi connectivity index (χ1v) is 5.74. The molecule has 0 spiro atoms. The number of hydrogen-bond acceptors (Lipinski definition) is 3. The van der Waals surface area contributed by atoms with Crippen LogP contribution in [0.15, 0.2) is 42.5 Å². The van der Waals surface area contributed by atoms with Gasteiger partial charge in [0.2, 0.25) is 0 Å². The highest BCUT2D eigenvalue weighted by Crippen LogP contribution is 2.32. The Morgan fingerprint density at radius 3 is 2.50 bits per heavy atom. The lowest BCUT2D eigenvalue weighted by Gasteiger charge is -2.10. The van der Waals surface area contributed by atoms with Crippen molar-refractivity contribution in [1.82, 2.24) is 15.0 Å². The third-order valence-corrected chi connectivity index (χ3v) is 2.93. The number of aromatic nitrogens is 3. The van der Waals surface area contributed by atoms with E-state index in [1.165, 1.54) is 10.7 Å². The lowest BCUT2D eigenvalue weighted by molar-refractivity contribution is -0.137. The number of benzene rings is 2. The van der Waals surface area contributed by atoms with Crippen molar-refractivity contribution in [3.8, 4) is 5.69 Å². The van der Waals surface area contributed by atoms with Crippen molar-refractivity contribution in [2.75, 3.05) is 5.73 Å². The third kappa shape index (κ3) is 1.97. The van der Waals surface area contributed by atoms with E-state index in [4.69, 9.17) is 5.73 Å². The highest BCUT2D eigenvalue weighted by molar-refractivity contribution is 5.77. The predicted octanol–water partition coefficient (Wildman–Crippen LogP) is 3.02. The summed E-state index contributed by atoms with van der Waals surface area (Å²) in [6, 6.07) is 10.3. The van der Waals surface area contributed by atoms with Crippen molar-refractivity contribution in [2.45, 2.75) is 6.18 Å². The van der Waals surface area contributed by atoms with E-state index in [9.17, 15) is 13.2 Å². The van der Waals surface area contributed by atoms with E-state index >= 15 is 0 Å². The Bertz CT molecular complexity index is 777. The van der Waals surface area contributed by atoms with Gasteiger partial charge in [0, 0.05) is 0 Å². The Kier molecular flexibility index (Phi) is 2.63. The van der Waals surface area contributed by atoms with Crippen molar-refractivity contribution in [3.63, 3.8) is 0 Å². The second-order valence-corrected chi connectivity index (χ2v) is 4.26. The van der Waals surface area contributed by atoms with Crippen LogP contribution in [0, 0.1) is 0 Å². The van der Waals surface area contributed by atoms with Gasteiger partial charge in [0.15, 0.2) is 0 Å². The summed E-state index contributed by atoms with van der Waals surface area (Å²) in [5.41, 5.74) is 6.61. The second-order valence-electron chi connectivity index (χ2n) is 4.26. The largest absolute Gasteiger partial charge is 0.416 e. The summed E-state index contributed by atoms with van der Waals surface area (Å²) >= 11 is 0. The number of rotatable bonds is 1. The van der Waals surface area contributed by atoms with Gasteiger partial charge in [-0.1, -0.05) is 17.3 Å². The zero-order chi connectivity index (χ0) is 14.3. The maximum absolute atomic E-state index is 12.6. The normalized spacial score (nSPS) is 11.9. The third-order valence-electron chi connectivity index (χ3n) is 2.93. The standard InChI is InChI=1S/C13H9F3N4/c14-13(15,16)8-5-6-11(9(17)7-8)20-12-4-2-1-3-10(12)18-19-20/h1-7H,17H2. The predicted molar refractivity (Wildman–Crippen MR) is 68.3 cm³/mol. The summed E-state index contributed by atoms with van der Waals surface area (Å²) in [5.74, 6) is 0. The SMILES string of the molecule is Nc1cc(C(F)(F)F)ccc1-n1nnc2ccccc21. The summed E-state index contributed by atoms with van der Waals surface area (Å²) in [5, 5.41) is 7.87. The molecule has 0 amide bonds. The summed E-state index contributed by atoms with van der Waals surface area (Å²) < 4.78 is 39.2. The van der Waals surface area contributed by atoms with Crippen LogP contribution in [0.3, 0.4) is 0 Å². The molecular formula is C13H9F3N4. The van der Waals surface area contributed by atoms with Crippen LogP contribution in [-0.2, 0) is 6.18 Å². The quantitative estimate of drug-likeness (QED) is 0.696. The van der Waals surface area contributed by atoms with Crippen molar-refractivity contribution < 1.29 is 13.2 Å². The van der Waals surface area contributed by atoms with Crippen LogP contribution in [-0.4, -0.2) is 15.0 Å². The van der Waals surface area contributed by atoms with Crippen LogP contribution in [0.25, 0.3) is 16.7 Å². The number of hydrogen-bond donors (Lipinski definition) is 1. The summed E-state index contributed by atoms with van der Waals surface area (Å²) in [6.07, 6.45) is -4.42. The Balaban J connectivity index is 2.16. The zero-order valence-corrected chi connectivity index (χ0v) is 10.1. The van der Waals surface area contributed by atoms with E-state index in [1.54, 1.807) is 24.3 Å². The first kappa shape index (κ1) is 12.5. The molecular weight excluding hydrogens is 269 g/mol. The van der Waals surface area contributed by atoms with Gasteiger partial charge in [0.25, 0.3) is 0 Å². The van der Waals surface area contributed by atoms with Crippen LogP contribution in [0.4, 0.5) is 18.9 Å². The van der Waals surface area contributed by atoms with Crippen molar-refractivity contribution in [3.05, 3.63) is 48.0 Å². The van der Waals surface area contributed by atoms with Crippen LogP contribution in [0.1, 0.15) is 5.56 Å². The second kappa shape index (κ2) is 4.22. The molecule has 0 saturated heterocycles. The van der Waals surface area contributed by atoms with Gasteiger partial charge in [-0.05, 0) is 30.3 Å². The lowest BCUT2D eigenvalue weighted by Crippen LogP contribution is -2.08. The average molecular weight is 278 g/mol. The molecule has 0 aliphatic rings. The number of nitrogen functional groups attached to an aromatic ring is 1. The molecule has 1 heterocycles. The van der Waals surface area contributed by atoms with Crippen LogP contribution in [0.5, 0.6) is 0 Å². The monoisotopic (exact) mass is 278 g/mol. The molecule has 1 aromatic heterocycles. The minimum atomic E-state index is -4.42. The van der Waals surface area contributed by atoms with Gasteiger partial charge in [-0.2, -0.15) is 13.2 Å². The molecule has 4 nitrogen and oxygen atoms in total. The molecule has 3 aromatic rings. The van der Waals surface area contributed by atoms with Gasteiger partial charge in [0.05, 0.1) is 22.5 Å². The number of nitrogens with zero attached hydrogens (tertiary/aromatic N) is 3. The number of para-hydroxylation sites is 1. The molecule has 0 aliphatic heterocycles. The molecule has 0 bridgehead atoms. The highest BCUT2D eigenvalue weighted by Gasteiger charge is 2.31. The summed E-state index contributed by atoms with van der Waals surface area (Å²) in [6.45, 7) is 0. The minimum absolute atomic E-state index is 0.00419. The fourth-order valence-electron chi connectivity index (χ4n) is 1.97. The highest BCUT2D eigenvalue weighted by atomic mass is 19.4. The van der Waals surface area contributed by atoms with Crippen LogP contribution < -0.4 is 5.73 Å². The summed E-state index contributed by atoms with van der Waals surface area (Å²) in [4.78, 5) is 0. The molecule has 0 aliphatic carbocycles. The minimum Gasteiger partial charge on any atom is -0.397 e. The molecule has 0 unspecified atom stereocenters. The maximum atomic E-state index is 12.6. The van der Waals surface area contributed by atoms with Gasteiger partial charge < -0.3 is 5.73 Å². The fourth-order valence-corrected chi connectivity index (χ4v) is 1.97. The van der Waals surface area contributed by atoms with Gasteiger partial charge in [0.1, 0.15) is 5.52 Å². The van der Waals surface area contributed by atoms with Gasteiger partial charge in [-0.15, -0.1) is 5.10 Å². The molecule has 0 atom stereocenters. The van der Waals surface area contributed by atoms with Crippen molar-refractivity contribution in [1.29, 1.82) is 0 Å². The van der Waals surface area contributed by atoms with E-state index in [2.05, 4.69) is 10.3 Å². The van der Waals surface area contributed by atoms with Crippen molar-refractivity contribution in [2.24, 2.45) is 0 Å². The van der Waals surface area contributed by atoms with Gasteiger partial charge in [-0.3, -0.25) is 0 Å². The van der Waals surface area contributed by atoms with E-state index < -0.39 is 11.7 Å². The van der Waals surface area contributed by atoms with E-state index in [0.29, 0.717) is 16.7 Å². The zero-order valence-electron chi connectivity index (χ0n) is 10.1. The Morgan fingerprint density at radius 2 is 1.80 bits per heavy atom. The molecule has 7 heteroatoms. The van der Waals surface area contributed by atoms with Crippen LogP contribution in [0.2, 0.25) is 0 Å². The molecule has 102 valence electrons. The van der Waals surface area contributed by atoms with Gasteiger partial charge in [-0.25, -0.2) is 4.68 Å². The van der Waals surface area contributed by atoms with Gasteiger partial charge >= 0.3 is 6.18 Å². The number of halogens is 3. The first-order chi connectivity index (χ1) is 9.47. The fraction of sp³-hybridized carbons (Fsp3) is 0.0769. The van der Waals surface area contributed by atoms with E-state index in [0.717, 1.165) is 12.1 Å². The molecule has 0 fully saturated rings. The Morgan fingerprint density at radius 1 is 1.05 bits per heavy atom. The Hall–Kier alpha value is -2.57. The summed E-state index contributed by atoms with van der Waals surface area (Å²) in [7, 11) is 0. The molecule has 2 N–H and O–H groups in total. The number of nitrogens with two attached hydrogens (primary N) is 1. The van der Waals surface area contributed by atoms with Crippen LogP contribution >= 0.6 is 0 Å². The lowest BCUT2D eigenvalue weighted by atomic mass is 10.1. The first-order valence-electron chi connectivity index (χ1n) is 5.74. The average Bonchev–Trinajstić information content (AvgIpc) is 2.81. The van der Waals surface area contributed by atoms with E-state index in [1.807, 2.05) is 0 Å². The molecule has 20 heavy (non-hydrogen) atoms. The topological polar surface area (TPSA) is 56.7 Å². The number of fused-ring (bicyclic) bond motifs is 1. The van der Waals surface area contributed by atoms with E-state index in [-0.39, 0.29) is 5.69 Å². The number of anilines is 1. The number of alkyl halides is 3. The van der Waals surface area contributed by atoms with Crippen molar-refractivity contribution >= 4 is 16.7 Å². The smallest absolute Gasteiger partial charge is 0.397 e. The Labute approximate surface area is 111 Å². The molecule has 3 rings (SSSR count). The maximum Gasteiger partial charge on any atom is 0.416 e. The molecule has 0 radical (unpaired) electrons. The molecule has 2 aromatic carbocycles. The molecule has 0 saturated carbocycles.